The van der Waals surface area contributed by atoms with Crippen molar-refractivity contribution in [1.82, 2.24) is 4.90 Å². The Kier molecular flexibility index (Phi) is 4.12. The maximum absolute atomic E-state index is 13.2. The van der Waals surface area contributed by atoms with Crippen LogP contribution in [0.25, 0.3) is 0 Å². The molecular weight excluding hydrogens is 346 g/mol. The highest BCUT2D eigenvalue weighted by Crippen LogP contribution is 2.41. The third kappa shape index (κ3) is 2.83. The summed E-state index contributed by atoms with van der Waals surface area (Å²) >= 11 is 0. The molecule has 0 N–H and O–H groups in total. The van der Waals surface area contributed by atoms with Crippen LogP contribution in [0, 0.1) is 10.1 Å². The quantitative estimate of drug-likeness (QED) is 0.517. The maximum Gasteiger partial charge on any atom is 0.276 e. The number of rotatable bonds is 4. The summed E-state index contributed by atoms with van der Waals surface area (Å²) in [5.74, 6) is 0.419. The number of fused-ring (bicyclic) bond motifs is 1. The Hall–Kier alpha value is -3.61. The SMILES string of the molecule is CN1c2ccccc2C(=O)N(Cc2ccco2)[C@H]1c1ccccc1[N+](=O)[O-]. The number of hydrogen-bond donors (Lipinski definition) is 0. The van der Waals surface area contributed by atoms with Gasteiger partial charge in [-0.15, -0.1) is 0 Å². The van der Waals surface area contributed by atoms with Gasteiger partial charge in [-0.2, -0.15) is 0 Å². The molecule has 2 aromatic carbocycles. The molecule has 0 aliphatic carbocycles. The normalized spacial score (nSPS) is 16.3. The number of nitro groups is 1. The minimum absolute atomic E-state index is 0.0222. The number of anilines is 1. The third-order valence-corrected chi connectivity index (χ3v) is 4.76. The molecule has 0 bridgehead atoms. The fourth-order valence-electron chi connectivity index (χ4n) is 3.55. The first kappa shape index (κ1) is 16.8. The predicted molar refractivity (Wildman–Crippen MR) is 99.3 cm³/mol. The zero-order valence-corrected chi connectivity index (χ0v) is 14.6. The van der Waals surface area contributed by atoms with Crippen molar-refractivity contribution in [2.45, 2.75) is 12.7 Å². The molecule has 0 radical (unpaired) electrons. The van der Waals surface area contributed by atoms with E-state index in [0.29, 0.717) is 16.9 Å². The van der Waals surface area contributed by atoms with Crippen molar-refractivity contribution >= 4 is 17.3 Å². The topological polar surface area (TPSA) is 79.8 Å². The van der Waals surface area contributed by atoms with Gasteiger partial charge in [0.1, 0.15) is 11.9 Å². The molecule has 136 valence electrons. The van der Waals surface area contributed by atoms with E-state index in [2.05, 4.69) is 0 Å². The molecule has 1 atom stereocenters. The Morgan fingerprint density at radius 1 is 1.07 bits per heavy atom. The van der Waals surface area contributed by atoms with Gasteiger partial charge in [-0.3, -0.25) is 14.9 Å². The second kappa shape index (κ2) is 6.60. The van der Waals surface area contributed by atoms with Gasteiger partial charge in [-0.05, 0) is 30.3 Å². The molecule has 3 aromatic rings. The lowest BCUT2D eigenvalue weighted by Crippen LogP contribution is -2.47. The van der Waals surface area contributed by atoms with Crippen LogP contribution < -0.4 is 4.90 Å². The van der Waals surface area contributed by atoms with Gasteiger partial charge in [0.05, 0.1) is 34.5 Å². The molecule has 7 heteroatoms. The molecule has 4 rings (SSSR count). The largest absolute Gasteiger partial charge is 0.467 e. The van der Waals surface area contributed by atoms with Gasteiger partial charge in [0.15, 0.2) is 0 Å². The predicted octanol–water partition coefficient (Wildman–Crippen LogP) is 3.98. The van der Waals surface area contributed by atoms with Crippen LogP contribution in [-0.4, -0.2) is 22.8 Å². The number of hydrogen-bond acceptors (Lipinski definition) is 5. The highest BCUT2D eigenvalue weighted by molar-refractivity contribution is 6.02. The standard InChI is InChI=1S/C20H17N3O4/c1-21-17-10-4-3-9-16(17)20(24)22(13-14-7-6-12-27-14)19(21)15-8-2-5-11-18(15)23(25)26/h2-12,19H,13H2,1H3/t19-/m0/s1. The van der Waals surface area contributed by atoms with E-state index in [0.717, 1.165) is 5.69 Å². The Morgan fingerprint density at radius 2 is 1.81 bits per heavy atom. The van der Waals surface area contributed by atoms with Gasteiger partial charge in [0.25, 0.3) is 11.6 Å². The number of nitro benzene ring substituents is 1. The number of amides is 1. The van der Waals surface area contributed by atoms with E-state index in [4.69, 9.17) is 4.42 Å². The molecule has 0 fully saturated rings. The van der Waals surface area contributed by atoms with Crippen molar-refractivity contribution in [2.75, 3.05) is 11.9 Å². The highest BCUT2D eigenvalue weighted by Gasteiger charge is 2.39. The number of para-hydroxylation sites is 2. The van der Waals surface area contributed by atoms with Crippen LogP contribution in [0.1, 0.15) is 27.8 Å². The van der Waals surface area contributed by atoms with Crippen molar-refractivity contribution in [2.24, 2.45) is 0 Å². The molecule has 0 unspecified atom stereocenters. The summed E-state index contributed by atoms with van der Waals surface area (Å²) in [6.45, 7) is 0.210. The van der Waals surface area contributed by atoms with Crippen molar-refractivity contribution in [3.8, 4) is 0 Å². The molecular formula is C20H17N3O4. The van der Waals surface area contributed by atoms with Crippen LogP contribution >= 0.6 is 0 Å². The smallest absolute Gasteiger partial charge is 0.276 e. The highest BCUT2D eigenvalue weighted by atomic mass is 16.6. The summed E-state index contributed by atoms with van der Waals surface area (Å²) in [6, 6.07) is 17.3. The number of nitrogens with zero attached hydrogens (tertiary/aromatic N) is 3. The van der Waals surface area contributed by atoms with E-state index in [1.807, 2.05) is 24.1 Å². The van der Waals surface area contributed by atoms with E-state index in [1.54, 1.807) is 53.6 Å². The first-order valence-corrected chi connectivity index (χ1v) is 8.46. The van der Waals surface area contributed by atoms with Crippen molar-refractivity contribution in [3.05, 3.63) is 93.9 Å². The minimum atomic E-state index is -0.626. The summed E-state index contributed by atoms with van der Waals surface area (Å²) in [5.41, 5.74) is 1.73. The number of carbonyl (C=O) groups excluding carboxylic acids is 1. The number of carbonyl (C=O) groups is 1. The minimum Gasteiger partial charge on any atom is -0.467 e. The Morgan fingerprint density at radius 3 is 2.56 bits per heavy atom. The Balaban J connectivity index is 1.88. The average Bonchev–Trinajstić information content (AvgIpc) is 3.19. The van der Waals surface area contributed by atoms with E-state index >= 15 is 0 Å². The third-order valence-electron chi connectivity index (χ3n) is 4.76. The van der Waals surface area contributed by atoms with Crippen LogP contribution in [0.15, 0.2) is 71.3 Å². The number of furan rings is 1. The second-order valence-corrected chi connectivity index (χ2v) is 6.33. The van der Waals surface area contributed by atoms with Crippen LogP contribution in [0.2, 0.25) is 0 Å². The zero-order valence-electron chi connectivity index (χ0n) is 14.6. The van der Waals surface area contributed by atoms with Gasteiger partial charge in [0.2, 0.25) is 0 Å². The van der Waals surface area contributed by atoms with E-state index < -0.39 is 11.1 Å². The average molecular weight is 363 g/mol. The molecule has 7 nitrogen and oxygen atoms in total. The van der Waals surface area contributed by atoms with Gasteiger partial charge in [-0.25, -0.2) is 0 Å². The van der Waals surface area contributed by atoms with Gasteiger partial charge >= 0.3 is 0 Å². The lowest BCUT2D eigenvalue weighted by molar-refractivity contribution is -0.386. The summed E-state index contributed by atoms with van der Waals surface area (Å²) in [4.78, 5) is 27.9. The lowest BCUT2D eigenvalue weighted by Gasteiger charge is -2.43. The van der Waals surface area contributed by atoms with Crippen molar-refractivity contribution in [1.29, 1.82) is 0 Å². The summed E-state index contributed by atoms with van der Waals surface area (Å²) in [6.07, 6.45) is 0.917. The van der Waals surface area contributed by atoms with E-state index in [1.165, 1.54) is 6.07 Å². The molecule has 0 saturated heterocycles. The molecule has 27 heavy (non-hydrogen) atoms. The molecule has 1 amide bonds. The van der Waals surface area contributed by atoms with Crippen LogP contribution in [0.4, 0.5) is 11.4 Å². The first-order valence-electron chi connectivity index (χ1n) is 8.46. The van der Waals surface area contributed by atoms with Crippen molar-refractivity contribution in [3.63, 3.8) is 0 Å². The van der Waals surface area contributed by atoms with Gasteiger partial charge in [0, 0.05) is 13.1 Å². The molecule has 1 aliphatic rings. The molecule has 0 saturated carbocycles. The summed E-state index contributed by atoms with van der Waals surface area (Å²) in [7, 11) is 1.84. The molecule has 0 spiro atoms. The van der Waals surface area contributed by atoms with Crippen molar-refractivity contribution < 1.29 is 14.1 Å². The summed E-state index contributed by atoms with van der Waals surface area (Å²) in [5, 5.41) is 11.6. The van der Waals surface area contributed by atoms with E-state index in [9.17, 15) is 14.9 Å². The molecule has 1 aliphatic heterocycles. The summed E-state index contributed by atoms with van der Waals surface area (Å²) < 4.78 is 5.42. The lowest BCUT2D eigenvalue weighted by atomic mass is 10.0. The van der Waals surface area contributed by atoms with E-state index in [-0.39, 0.29) is 18.1 Å². The molecule has 1 aromatic heterocycles. The molecule has 2 heterocycles. The zero-order chi connectivity index (χ0) is 19.0. The second-order valence-electron chi connectivity index (χ2n) is 6.33. The first-order chi connectivity index (χ1) is 13.1. The van der Waals surface area contributed by atoms with Gasteiger partial charge in [-0.1, -0.05) is 24.3 Å². The number of benzene rings is 2. The van der Waals surface area contributed by atoms with Crippen LogP contribution in [-0.2, 0) is 6.54 Å². The monoisotopic (exact) mass is 363 g/mol. The van der Waals surface area contributed by atoms with Crippen LogP contribution in [0.3, 0.4) is 0 Å². The van der Waals surface area contributed by atoms with Crippen LogP contribution in [0.5, 0.6) is 0 Å². The Bertz CT molecular complexity index is 1000. The fraction of sp³-hybridized carbons (Fsp3) is 0.150. The Labute approximate surface area is 155 Å². The van der Waals surface area contributed by atoms with Gasteiger partial charge < -0.3 is 14.2 Å². The maximum atomic E-state index is 13.2. The fourth-order valence-corrected chi connectivity index (χ4v) is 3.55.